The monoisotopic (exact) mass is 556 g/mol. The van der Waals surface area contributed by atoms with E-state index < -0.39 is 0 Å². The normalized spacial score (nSPS) is 13.7. The number of rotatable bonds is 2. The highest BCUT2D eigenvalue weighted by Crippen LogP contribution is 2.62. The molecule has 0 bridgehead atoms. The van der Waals surface area contributed by atoms with Crippen molar-refractivity contribution < 1.29 is 0 Å². The van der Waals surface area contributed by atoms with E-state index in [0.717, 1.165) is 6.42 Å². The third kappa shape index (κ3) is 3.02. The minimum atomic E-state index is -0.298. The maximum absolute atomic E-state index is 2.51. The van der Waals surface area contributed by atoms with Crippen molar-refractivity contribution in [1.82, 2.24) is 0 Å². The van der Waals surface area contributed by atoms with Gasteiger partial charge in [-0.3, -0.25) is 0 Å². The molecule has 0 unspecified atom stereocenters. The minimum absolute atomic E-state index is 0.298. The van der Waals surface area contributed by atoms with Crippen LogP contribution in [0.4, 0.5) is 0 Å². The molecule has 2 aliphatic carbocycles. The first-order valence-electron chi connectivity index (χ1n) is 15.6. The molecular formula is C44H28. The summed E-state index contributed by atoms with van der Waals surface area (Å²) in [6.07, 6.45) is 0.889. The van der Waals surface area contributed by atoms with Crippen LogP contribution in [0.15, 0.2) is 158 Å². The molecule has 0 amide bonds. The Balaban J connectivity index is 1.18. The molecule has 0 fully saturated rings. The molecule has 0 atom stereocenters. The van der Waals surface area contributed by atoms with Crippen LogP contribution in [0.25, 0.3) is 54.6 Å². The van der Waals surface area contributed by atoms with Crippen molar-refractivity contribution in [3.05, 3.63) is 191 Å². The van der Waals surface area contributed by atoms with Crippen LogP contribution < -0.4 is 0 Å². The summed E-state index contributed by atoms with van der Waals surface area (Å²) >= 11 is 0. The second-order valence-electron chi connectivity index (χ2n) is 12.4. The Hall–Kier alpha value is -5.46. The molecule has 0 N–H and O–H groups in total. The molecule has 0 saturated heterocycles. The van der Waals surface area contributed by atoms with Gasteiger partial charge in [-0.2, -0.15) is 0 Å². The summed E-state index contributed by atoms with van der Waals surface area (Å²) in [6, 6.07) is 59.2. The first-order chi connectivity index (χ1) is 21.8. The maximum Gasteiger partial charge on any atom is 0.0725 e. The van der Waals surface area contributed by atoms with Gasteiger partial charge in [0.15, 0.2) is 0 Å². The molecule has 0 aromatic heterocycles. The van der Waals surface area contributed by atoms with Crippen LogP contribution in [-0.2, 0) is 11.8 Å². The van der Waals surface area contributed by atoms with Crippen LogP contribution in [0.3, 0.4) is 0 Å². The molecule has 0 heteroatoms. The first kappa shape index (κ1) is 24.0. The van der Waals surface area contributed by atoms with Gasteiger partial charge >= 0.3 is 0 Å². The molecule has 10 rings (SSSR count). The lowest BCUT2D eigenvalue weighted by atomic mass is 9.70. The van der Waals surface area contributed by atoms with Gasteiger partial charge in [0.1, 0.15) is 0 Å². The van der Waals surface area contributed by atoms with Crippen molar-refractivity contribution in [2.75, 3.05) is 0 Å². The molecule has 1 spiro atoms. The molecule has 0 heterocycles. The van der Waals surface area contributed by atoms with Gasteiger partial charge in [-0.05, 0) is 94.4 Å². The Morgan fingerprint density at radius 3 is 1.23 bits per heavy atom. The lowest BCUT2D eigenvalue weighted by Gasteiger charge is -2.30. The second kappa shape index (κ2) is 8.78. The topological polar surface area (TPSA) is 0 Å². The maximum atomic E-state index is 2.51. The molecule has 8 aromatic rings. The molecular weight excluding hydrogens is 528 g/mol. The summed E-state index contributed by atoms with van der Waals surface area (Å²) in [7, 11) is 0. The predicted molar refractivity (Wildman–Crippen MR) is 185 cm³/mol. The number of hydrogen-bond donors (Lipinski definition) is 0. The number of hydrogen-bond acceptors (Lipinski definition) is 0. The van der Waals surface area contributed by atoms with Gasteiger partial charge in [-0.1, -0.05) is 158 Å². The van der Waals surface area contributed by atoms with Gasteiger partial charge < -0.3 is 0 Å². The minimum Gasteiger partial charge on any atom is -0.0619 e. The van der Waals surface area contributed by atoms with Crippen molar-refractivity contribution in [3.63, 3.8) is 0 Å². The van der Waals surface area contributed by atoms with E-state index in [0.29, 0.717) is 0 Å². The van der Waals surface area contributed by atoms with Crippen molar-refractivity contribution in [2.24, 2.45) is 0 Å². The zero-order valence-corrected chi connectivity index (χ0v) is 24.2. The van der Waals surface area contributed by atoms with Crippen LogP contribution in [0.5, 0.6) is 0 Å². The third-order valence-corrected chi connectivity index (χ3v) is 10.3. The van der Waals surface area contributed by atoms with Crippen LogP contribution in [0, 0.1) is 0 Å². The first-order valence-corrected chi connectivity index (χ1v) is 15.6. The van der Waals surface area contributed by atoms with Crippen molar-refractivity contribution in [1.29, 1.82) is 0 Å². The fourth-order valence-corrected chi connectivity index (χ4v) is 8.55. The summed E-state index contributed by atoms with van der Waals surface area (Å²) < 4.78 is 0. The summed E-state index contributed by atoms with van der Waals surface area (Å²) in [4.78, 5) is 0. The number of benzene rings is 8. The Labute approximate surface area is 256 Å². The van der Waals surface area contributed by atoms with Gasteiger partial charge in [0.05, 0.1) is 5.41 Å². The lowest BCUT2D eigenvalue weighted by molar-refractivity contribution is 0.792. The fourth-order valence-electron chi connectivity index (χ4n) is 8.55. The Kier molecular flexibility index (Phi) is 4.80. The van der Waals surface area contributed by atoms with E-state index in [9.17, 15) is 0 Å². The van der Waals surface area contributed by atoms with Crippen LogP contribution in [0.2, 0.25) is 0 Å². The van der Waals surface area contributed by atoms with Gasteiger partial charge in [0, 0.05) is 0 Å². The second-order valence-corrected chi connectivity index (χ2v) is 12.4. The SMILES string of the molecule is c1ccc2c(c1)-c1ccccc1C21c2ccccc2-c2ccc(Cc3ccc4c5ccccc5c5ccccc5c4c3)cc21. The van der Waals surface area contributed by atoms with E-state index in [4.69, 9.17) is 0 Å². The summed E-state index contributed by atoms with van der Waals surface area (Å²) in [6.45, 7) is 0. The van der Waals surface area contributed by atoms with Crippen LogP contribution >= 0.6 is 0 Å². The molecule has 204 valence electrons. The summed E-state index contributed by atoms with van der Waals surface area (Å²) in [5, 5.41) is 7.95. The number of fused-ring (bicyclic) bond motifs is 16. The predicted octanol–water partition coefficient (Wildman–Crippen LogP) is 11.1. The third-order valence-electron chi connectivity index (χ3n) is 10.3. The van der Waals surface area contributed by atoms with E-state index in [2.05, 4.69) is 158 Å². The van der Waals surface area contributed by atoms with Gasteiger partial charge in [-0.15, -0.1) is 0 Å². The zero-order chi connectivity index (χ0) is 28.8. The van der Waals surface area contributed by atoms with E-state index >= 15 is 0 Å². The average molecular weight is 557 g/mol. The average Bonchev–Trinajstić information content (AvgIpc) is 3.55. The highest BCUT2D eigenvalue weighted by atomic mass is 14.5. The fraction of sp³-hybridized carbons (Fsp3) is 0.0455. The summed E-state index contributed by atoms with van der Waals surface area (Å²) in [5.41, 5.74) is 13.4. The van der Waals surface area contributed by atoms with Gasteiger partial charge in [0.25, 0.3) is 0 Å². The van der Waals surface area contributed by atoms with Crippen molar-refractivity contribution in [2.45, 2.75) is 11.8 Å². The van der Waals surface area contributed by atoms with Gasteiger partial charge in [-0.25, -0.2) is 0 Å². The van der Waals surface area contributed by atoms with Crippen LogP contribution in [-0.4, -0.2) is 0 Å². The molecule has 0 saturated carbocycles. The van der Waals surface area contributed by atoms with Crippen molar-refractivity contribution in [3.8, 4) is 22.3 Å². The zero-order valence-electron chi connectivity index (χ0n) is 24.2. The molecule has 0 aliphatic heterocycles. The largest absolute Gasteiger partial charge is 0.0725 e. The molecule has 2 aliphatic rings. The molecule has 44 heavy (non-hydrogen) atoms. The standard InChI is InChI=1S/C44H28/c1-2-13-32-30(11-1)31-12-3-4-14-33(31)39-26-28(21-23-34(32)39)25-29-22-24-38-37-17-7-10-20-42(37)44(43(38)27-29)40-18-8-5-15-35(40)36-16-6-9-19-41(36)44/h1-24,26-27H,25H2. The quantitative estimate of drug-likeness (QED) is 0.186. The van der Waals surface area contributed by atoms with Gasteiger partial charge in [0.2, 0.25) is 0 Å². The van der Waals surface area contributed by atoms with E-state index in [1.165, 1.54) is 88.0 Å². The van der Waals surface area contributed by atoms with E-state index in [1.807, 2.05) is 0 Å². The Bertz CT molecular complexity index is 2380. The Morgan fingerprint density at radius 1 is 0.295 bits per heavy atom. The van der Waals surface area contributed by atoms with E-state index in [1.54, 1.807) is 0 Å². The smallest absolute Gasteiger partial charge is 0.0619 e. The van der Waals surface area contributed by atoms with E-state index in [-0.39, 0.29) is 5.41 Å². The highest BCUT2D eigenvalue weighted by molar-refractivity contribution is 6.25. The molecule has 8 aromatic carbocycles. The summed E-state index contributed by atoms with van der Waals surface area (Å²) in [5.74, 6) is 0. The Morgan fingerprint density at radius 2 is 0.682 bits per heavy atom. The molecule has 0 nitrogen and oxygen atoms in total. The highest BCUT2D eigenvalue weighted by Gasteiger charge is 2.51. The van der Waals surface area contributed by atoms with Crippen LogP contribution in [0.1, 0.15) is 33.4 Å². The lowest BCUT2D eigenvalue weighted by Crippen LogP contribution is -2.26. The van der Waals surface area contributed by atoms with Crippen molar-refractivity contribution >= 4 is 32.3 Å². The molecule has 0 radical (unpaired) electrons.